The average Bonchev–Trinajstić information content (AvgIpc) is 3.39. The van der Waals surface area contributed by atoms with E-state index in [1.54, 1.807) is 0 Å². The Balaban J connectivity index is 1.33. The molecule has 2 aliphatic rings. The van der Waals surface area contributed by atoms with Crippen LogP contribution in [0.1, 0.15) is 57.4 Å². The van der Waals surface area contributed by atoms with E-state index >= 15 is 0 Å². The lowest BCUT2D eigenvalue weighted by atomic mass is 9.96. The molecule has 13 heteroatoms. The summed E-state index contributed by atoms with van der Waals surface area (Å²) in [6.07, 6.45) is 0. The second-order valence-corrected chi connectivity index (χ2v) is 9.23. The summed E-state index contributed by atoms with van der Waals surface area (Å²) in [5.41, 5.74) is -1.76. The zero-order chi connectivity index (χ0) is 29.9. The van der Waals surface area contributed by atoms with E-state index in [1.807, 2.05) is 0 Å². The minimum atomic E-state index is -0.853. The maximum atomic E-state index is 13.4. The molecule has 0 fully saturated rings. The Labute approximate surface area is 234 Å². The molecule has 0 saturated heterocycles. The lowest BCUT2D eigenvalue weighted by molar-refractivity contribution is -0.384. The number of nitrogens with zero attached hydrogens (tertiary/aromatic N) is 4. The second kappa shape index (κ2) is 9.38. The van der Waals surface area contributed by atoms with Gasteiger partial charge in [0.25, 0.3) is 35.0 Å². The van der Waals surface area contributed by atoms with E-state index in [4.69, 9.17) is 0 Å². The molecule has 0 spiro atoms. The van der Waals surface area contributed by atoms with Gasteiger partial charge in [-0.2, -0.15) is 0 Å². The number of fused-ring (bicyclic) bond motifs is 2. The first-order chi connectivity index (χ1) is 20.1. The molecular weight excluding hydrogens is 548 g/mol. The van der Waals surface area contributed by atoms with Crippen molar-refractivity contribution in [3.8, 4) is 0 Å². The van der Waals surface area contributed by atoms with Crippen LogP contribution in [0.3, 0.4) is 0 Å². The molecule has 0 radical (unpaired) electrons. The first kappa shape index (κ1) is 25.9. The summed E-state index contributed by atoms with van der Waals surface area (Å²) in [6, 6.07) is 18.0. The molecule has 0 atom stereocenters. The summed E-state index contributed by atoms with van der Waals surface area (Å²) in [5.74, 6) is -3.93. The predicted octanol–water partition coefficient (Wildman–Crippen LogP) is 4.34. The van der Waals surface area contributed by atoms with E-state index in [1.165, 1.54) is 72.8 Å². The molecule has 4 amide bonds. The Morgan fingerprint density at radius 1 is 0.524 bits per heavy atom. The van der Waals surface area contributed by atoms with Gasteiger partial charge in [-0.25, -0.2) is 9.80 Å². The molecule has 0 aliphatic carbocycles. The predicted molar refractivity (Wildman–Crippen MR) is 145 cm³/mol. The van der Waals surface area contributed by atoms with Crippen molar-refractivity contribution in [2.45, 2.75) is 0 Å². The summed E-state index contributed by atoms with van der Waals surface area (Å²) in [6.45, 7) is 0. The van der Waals surface area contributed by atoms with Crippen LogP contribution in [0.25, 0.3) is 0 Å². The Bertz CT molecular complexity index is 1830. The number of imide groups is 2. The van der Waals surface area contributed by atoms with Crippen LogP contribution in [-0.2, 0) is 0 Å². The molecule has 2 heterocycles. The van der Waals surface area contributed by atoms with Gasteiger partial charge in [-0.15, -0.1) is 0 Å². The molecule has 0 aromatic heterocycles. The van der Waals surface area contributed by atoms with Crippen molar-refractivity contribution in [3.05, 3.63) is 139 Å². The minimum Gasteiger partial charge on any atom is -0.289 e. The van der Waals surface area contributed by atoms with Gasteiger partial charge in [0.15, 0.2) is 5.78 Å². The molecule has 4 aromatic carbocycles. The normalized spacial score (nSPS) is 13.8. The maximum Gasteiger partial charge on any atom is 0.293 e. The number of anilines is 2. The topological polar surface area (TPSA) is 178 Å². The largest absolute Gasteiger partial charge is 0.293 e. The molecule has 204 valence electrons. The Hall–Kier alpha value is -6.37. The second-order valence-electron chi connectivity index (χ2n) is 9.23. The highest BCUT2D eigenvalue weighted by Gasteiger charge is 2.41. The van der Waals surface area contributed by atoms with Crippen LogP contribution >= 0.6 is 0 Å². The number of hydrogen-bond acceptors (Lipinski definition) is 9. The lowest BCUT2D eigenvalue weighted by Gasteiger charge is -2.13. The van der Waals surface area contributed by atoms with Gasteiger partial charge in [0.05, 0.1) is 32.1 Å². The fourth-order valence-corrected chi connectivity index (χ4v) is 4.98. The molecule has 0 unspecified atom stereocenters. The number of para-hydroxylation sites is 4. The molecule has 42 heavy (non-hydrogen) atoms. The quantitative estimate of drug-likeness (QED) is 0.143. The van der Waals surface area contributed by atoms with E-state index < -0.39 is 50.6 Å². The number of carbonyl (C=O) groups excluding carboxylic acids is 5. The van der Waals surface area contributed by atoms with Gasteiger partial charge in [0.2, 0.25) is 0 Å². The van der Waals surface area contributed by atoms with Crippen LogP contribution in [-0.4, -0.2) is 39.3 Å². The summed E-state index contributed by atoms with van der Waals surface area (Å²) in [4.78, 5) is 88.7. The summed E-state index contributed by atoms with van der Waals surface area (Å²) in [5, 5.41) is 22.9. The van der Waals surface area contributed by atoms with E-state index in [0.29, 0.717) is 9.80 Å². The van der Waals surface area contributed by atoms with Crippen LogP contribution in [0.4, 0.5) is 22.7 Å². The number of ketones is 1. The van der Waals surface area contributed by atoms with E-state index in [2.05, 4.69) is 0 Å². The van der Waals surface area contributed by atoms with Crippen LogP contribution in [0.2, 0.25) is 0 Å². The van der Waals surface area contributed by atoms with E-state index in [-0.39, 0.29) is 44.8 Å². The molecule has 0 N–H and O–H groups in total. The van der Waals surface area contributed by atoms with Crippen molar-refractivity contribution >= 4 is 52.2 Å². The van der Waals surface area contributed by atoms with Crippen molar-refractivity contribution < 1.29 is 33.8 Å². The number of nitro groups is 2. The fourth-order valence-electron chi connectivity index (χ4n) is 4.98. The van der Waals surface area contributed by atoms with Gasteiger partial charge in [0.1, 0.15) is 11.4 Å². The highest BCUT2D eigenvalue weighted by atomic mass is 16.6. The minimum absolute atomic E-state index is 0.0217. The monoisotopic (exact) mass is 562 g/mol. The Morgan fingerprint density at radius 2 is 0.881 bits per heavy atom. The summed E-state index contributed by atoms with van der Waals surface area (Å²) in [7, 11) is 0. The van der Waals surface area contributed by atoms with Gasteiger partial charge in [-0.1, -0.05) is 36.4 Å². The molecule has 6 rings (SSSR count). The van der Waals surface area contributed by atoms with E-state index in [0.717, 1.165) is 12.1 Å². The van der Waals surface area contributed by atoms with Crippen LogP contribution in [0.15, 0.2) is 84.9 Å². The van der Waals surface area contributed by atoms with Gasteiger partial charge < -0.3 is 0 Å². The van der Waals surface area contributed by atoms with Gasteiger partial charge in [0, 0.05) is 23.3 Å². The van der Waals surface area contributed by atoms with Gasteiger partial charge >= 0.3 is 0 Å². The Kier molecular flexibility index (Phi) is 5.78. The molecule has 13 nitrogen and oxygen atoms in total. The highest BCUT2D eigenvalue weighted by molar-refractivity contribution is 6.36. The van der Waals surface area contributed by atoms with Gasteiger partial charge in [-0.05, 0) is 36.4 Å². The van der Waals surface area contributed by atoms with Crippen molar-refractivity contribution in [3.63, 3.8) is 0 Å². The first-order valence-corrected chi connectivity index (χ1v) is 12.2. The van der Waals surface area contributed by atoms with E-state index in [9.17, 15) is 44.2 Å². The standard InChI is InChI=1S/C29H14N4O9/c34-25(15-9-11-17-19(13-15)28(37)30(26(17)35)21-5-1-3-7-23(21)32(39)40)16-10-12-18-20(14-16)29(38)31(27(18)36)22-6-2-4-8-24(22)33(41)42/h1-14H. The molecule has 0 saturated carbocycles. The maximum absolute atomic E-state index is 13.4. The number of benzene rings is 4. The fraction of sp³-hybridized carbons (Fsp3) is 0. The molecule has 2 aliphatic heterocycles. The number of carbonyl (C=O) groups is 5. The van der Waals surface area contributed by atoms with Crippen molar-refractivity contribution in [2.75, 3.05) is 9.80 Å². The van der Waals surface area contributed by atoms with Crippen LogP contribution in [0, 0.1) is 20.2 Å². The number of nitro benzene ring substituents is 2. The van der Waals surface area contributed by atoms with Gasteiger partial charge in [-0.3, -0.25) is 44.2 Å². The molecular formula is C29H14N4O9. The zero-order valence-electron chi connectivity index (χ0n) is 21.0. The molecule has 0 bridgehead atoms. The van der Waals surface area contributed by atoms with Crippen LogP contribution < -0.4 is 9.80 Å². The number of rotatable bonds is 6. The van der Waals surface area contributed by atoms with Crippen molar-refractivity contribution in [1.82, 2.24) is 0 Å². The van der Waals surface area contributed by atoms with Crippen LogP contribution in [0.5, 0.6) is 0 Å². The Morgan fingerprint density at radius 3 is 1.26 bits per heavy atom. The highest BCUT2D eigenvalue weighted by Crippen LogP contribution is 2.37. The molecule has 4 aromatic rings. The lowest BCUT2D eigenvalue weighted by Crippen LogP contribution is -2.30. The number of hydrogen-bond donors (Lipinski definition) is 0. The van der Waals surface area contributed by atoms with Crippen molar-refractivity contribution in [1.29, 1.82) is 0 Å². The van der Waals surface area contributed by atoms with Crippen molar-refractivity contribution in [2.24, 2.45) is 0 Å². The third-order valence-corrected chi connectivity index (χ3v) is 6.94. The summed E-state index contributed by atoms with van der Waals surface area (Å²) < 4.78 is 0. The zero-order valence-corrected chi connectivity index (χ0v) is 21.0. The SMILES string of the molecule is O=C(c1ccc2c(c1)C(=O)N(c1ccccc1[N+](=O)[O-])C2=O)c1ccc2c(c1)C(=O)N(c1ccccc1[N+](=O)[O-])C2=O. The number of amides is 4. The summed E-state index contributed by atoms with van der Waals surface area (Å²) >= 11 is 0. The first-order valence-electron chi connectivity index (χ1n) is 12.2. The third kappa shape index (κ3) is 3.76. The average molecular weight is 562 g/mol. The third-order valence-electron chi connectivity index (χ3n) is 6.94. The smallest absolute Gasteiger partial charge is 0.289 e.